The molecule has 246 valence electrons. The molecule has 2 aromatic carbocycles. The van der Waals surface area contributed by atoms with E-state index in [1.165, 1.54) is 22.1 Å². The summed E-state index contributed by atoms with van der Waals surface area (Å²) in [6.45, 7) is 5.96. The molecule has 1 atom stereocenters. The van der Waals surface area contributed by atoms with E-state index < -0.39 is 22.2 Å². The van der Waals surface area contributed by atoms with E-state index in [-0.39, 0.29) is 42.2 Å². The van der Waals surface area contributed by atoms with E-state index >= 15 is 4.39 Å². The SMILES string of the molecule is [B]C([B])([B])OCCOc1cc(F)cc(F)c1-c1c(-c2cc3n(n2)CCN(C(=O)C=C)C3C)nc(-c2ccc3c(cnn3C([B])([B])[B])c2)c2ccsc12. The summed E-state index contributed by atoms with van der Waals surface area (Å²) in [4.78, 5) is 19.5. The van der Waals surface area contributed by atoms with Crippen LogP contribution in [0.4, 0.5) is 8.78 Å². The number of nitrogens with zero attached hydrogens (tertiary/aromatic N) is 6. The van der Waals surface area contributed by atoms with Gasteiger partial charge in [-0.15, -0.1) is 11.3 Å². The van der Waals surface area contributed by atoms with E-state index in [9.17, 15) is 9.18 Å². The molecular formula is C34H24B6F2N6O3S. The Kier molecular flexibility index (Phi) is 9.27. The highest BCUT2D eigenvalue weighted by Crippen LogP contribution is 2.47. The molecule has 52 heavy (non-hydrogen) atoms. The number of fused-ring (bicyclic) bond motifs is 3. The van der Waals surface area contributed by atoms with Crippen molar-refractivity contribution in [2.45, 2.75) is 30.0 Å². The molecule has 18 heteroatoms. The maximum absolute atomic E-state index is 16.2. The van der Waals surface area contributed by atoms with Gasteiger partial charge < -0.3 is 14.4 Å². The van der Waals surface area contributed by atoms with Crippen LogP contribution in [0.3, 0.4) is 0 Å². The fourth-order valence-electron chi connectivity index (χ4n) is 6.46. The number of hydrogen-bond donors (Lipinski definition) is 0. The summed E-state index contributed by atoms with van der Waals surface area (Å²) >= 11 is 1.34. The minimum Gasteiger partial charge on any atom is -0.490 e. The van der Waals surface area contributed by atoms with Crippen LogP contribution in [0, 0.1) is 11.6 Å². The van der Waals surface area contributed by atoms with Crippen LogP contribution in [-0.2, 0) is 21.3 Å². The van der Waals surface area contributed by atoms with Gasteiger partial charge in [0.25, 0.3) is 0 Å². The first-order valence-corrected chi connectivity index (χ1v) is 16.9. The zero-order chi connectivity index (χ0) is 37.1. The molecule has 0 saturated heterocycles. The minimum atomic E-state index is -1.93. The van der Waals surface area contributed by atoms with E-state index in [2.05, 4.69) is 11.7 Å². The minimum absolute atomic E-state index is 0.0493. The van der Waals surface area contributed by atoms with E-state index in [1.807, 2.05) is 36.6 Å². The summed E-state index contributed by atoms with van der Waals surface area (Å²) in [6.07, 6.45) is 2.86. The maximum Gasteiger partial charge on any atom is 0.246 e. The number of rotatable bonds is 10. The van der Waals surface area contributed by atoms with Gasteiger partial charge in [0.15, 0.2) is 0 Å². The molecule has 1 amide bonds. The van der Waals surface area contributed by atoms with Crippen LogP contribution in [0.2, 0.25) is 0 Å². The number of benzene rings is 2. The molecule has 1 unspecified atom stereocenters. The quantitative estimate of drug-likeness (QED) is 0.123. The zero-order valence-corrected chi connectivity index (χ0v) is 28.7. The lowest BCUT2D eigenvalue weighted by molar-refractivity contribution is -0.129. The molecule has 0 fully saturated rings. The standard InChI is InChI=1S/C34H24B6F2N6O3S/c1-3-27(49)46-7-8-47-25(17(46)2)15-23(45-47)31-29(28-22(42)13-20(41)14-26(28)50-9-10-51-34(38,39)40)32-21(6-11-52-32)30(44-31)18-4-5-24-19(12-18)16-43-48(24)33(35,36)37/h3-6,11-17H,1,7-10H2,2H3. The summed E-state index contributed by atoms with van der Waals surface area (Å²) in [5.74, 6) is -2.09. The van der Waals surface area contributed by atoms with Gasteiger partial charge >= 0.3 is 0 Å². The van der Waals surface area contributed by atoms with Gasteiger partial charge in [0.05, 0.1) is 94.9 Å². The van der Waals surface area contributed by atoms with E-state index in [0.717, 1.165) is 17.8 Å². The van der Waals surface area contributed by atoms with Crippen molar-refractivity contribution < 1.29 is 23.0 Å². The predicted molar refractivity (Wildman–Crippen MR) is 202 cm³/mol. The first kappa shape index (κ1) is 35.8. The van der Waals surface area contributed by atoms with Gasteiger partial charge in [-0.2, -0.15) is 10.2 Å². The highest BCUT2D eigenvalue weighted by molar-refractivity contribution is 7.18. The number of hydrogen-bond acceptors (Lipinski definition) is 7. The Hall–Kier alpha value is -4.55. The fourth-order valence-corrected chi connectivity index (χ4v) is 7.41. The van der Waals surface area contributed by atoms with Gasteiger partial charge in [0, 0.05) is 45.3 Å². The lowest BCUT2D eigenvalue weighted by Crippen LogP contribution is -2.40. The number of aromatic nitrogens is 5. The van der Waals surface area contributed by atoms with Crippen molar-refractivity contribution in [1.82, 2.24) is 29.4 Å². The summed E-state index contributed by atoms with van der Waals surface area (Å²) < 4.78 is 45.8. The molecule has 0 aliphatic carbocycles. The molecule has 7 rings (SSSR count). The van der Waals surface area contributed by atoms with Crippen LogP contribution in [0.5, 0.6) is 5.75 Å². The summed E-state index contributed by atoms with van der Waals surface area (Å²) in [7, 11) is 34.3. The van der Waals surface area contributed by atoms with E-state index in [4.69, 9.17) is 66.6 Å². The van der Waals surface area contributed by atoms with Gasteiger partial charge in [-0.3, -0.25) is 14.2 Å². The number of halogens is 2. The molecule has 4 aromatic heterocycles. The molecule has 0 bridgehead atoms. The van der Waals surface area contributed by atoms with Gasteiger partial charge in [-0.1, -0.05) is 12.6 Å². The second-order valence-electron chi connectivity index (χ2n) is 12.5. The highest BCUT2D eigenvalue weighted by atomic mass is 32.1. The number of amides is 1. The first-order chi connectivity index (χ1) is 24.6. The molecule has 1 aliphatic heterocycles. The lowest BCUT2D eigenvalue weighted by Gasteiger charge is -2.33. The van der Waals surface area contributed by atoms with Crippen LogP contribution in [0.25, 0.3) is 54.8 Å². The van der Waals surface area contributed by atoms with Gasteiger partial charge in [-0.25, -0.2) is 13.8 Å². The van der Waals surface area contributed by atoms with E-state index in [1.54, 1.807) is 21.8 Å². The highest BCUT2D eigenvalue weighted by Gasteiger charge is 2.31. The number of pyridine rings is 1. The lowest BCUT2D eigenvalue weighted by atomic mass is 9.49. The summed E-state index contributed by atoms with van der Waals surface area (Å²) in [5.41, 5.74) is 3.54. The van der Waals surface area contributed by atoms with Crippen molar-refractivity contribution >= 4 is 85.3 Å². The van der Waals surface area contributed by atoms with Crippen LogP contribution >= 0.6 is 11.3 Å². The van der Waals surface area contributed by atoms with Crippen LogP contribution in [0.15, 0.2) is 66.7 Å². The summed E-state index contributed by atoms with van der Waals surface area (Å²) in [5, 5.41) is 8.74. The molecule has 0 spiro atoms. The molecule has 5 heterocycles. The molecule has 12 radical (unpaired) electrons. The Morgan fingerprint density at radius 2 is 1.83 bits per heavy atom. The van der Waals surface area contributed by atoms with E-state index in [0.29, 0.717) is 56.6 Å². The largest absolute Gasteiger partial charge is 0.490 e. The average molecular weight is 700 g/mol. The molecule has 9 nitrogen and oxygen atoms in total. The third-order valence-electron chi connectivity index (χ3n) is 8.74. The molecule has 0 saturated carbocycles. The van der Waals surface area contributed by atoms with Gasteiger partial charge in [-0.05, 0) is 53.2 Å². The smallest absolute Gasteiger partial charge is 0.246 e. The third kappa shape index (κ3) is 6.62. The fraction of sp³-hybridized carbons (Fsp3) is 0.235. The monoisotopic (exact) mass is 700 g/mol. The molecular weight excluding hydrogens is 675 g/mol. The number of carbonyl (C=O) groups excluding carboxylic acids is 1. The Bertz CT molecular complexity index is 2370. The maximum atomic E-state index is 16.2. The number of carbonyl (C=O) groups is 1. The Morgan fingerprint density at radius 1 is 1.04 bits per heavy atom. The van der Waals surface area contributed by atoms with Crippen LogP contribution in [-0.4, -0.2) is 107 Å². The Morgan fingerprint density at radius 3 is 2.56 bits per heavy atom. The van der Waals surface area contributed by atoms with Gasteiger partial charge in [0.2, 0.25) is 5.91 Å². The van der Waals surface area contributed by atoms with Crippen LogP contribution < -0.4 is 4.74 Å². The summed E-state index contributed by atoms with van der Waals surface area (Å²) in [6, 6.07) is 10.7. The topological polar surface area (TPSA) is 87.3 Å². The van der Waals surface area contributed by atoms with Crippen molar-refractivity contribution in [3.05, 3.63) is 84.0 Å². The zero-order valence-electron chi connectivity index (χ0n) is 27.9. The molecule has 6 aromatic rings. The molecule has 0 N–H and O–H groups in total. The Balaban J connectivity index is 1.45. The van der Waals surface area contributed by atoms with Crippen molar-refractivity contribution in [3.63, 3.8) is 0 Å². The third-order valence-corrected chi connectivity index (χ3v) is 9.67. The van der Waals surface area contributed by atoms with Crippen LogP contribution in [0.1, 0.15) is 18.7 Å². The second kappa shape index (κ2) is 13.5. The normalized spacial score (nSPS) is 14.9. The van der Waals surface area contributed by atoms with Gasteiger partial charge in [0.1, 0.15) is 35.4 Å². The number of ether oxygens (including phenoxy) is 2. The first-order valence-electron chi connectivity index (χ1n) is 16.0. The Labute approximate surface area is 310 Å². The van der Waals surface area contributed by atoms with Crippen molar-refractivity contribution in [1.29, 1.82) is 0 Å². The number of thiophene rings is 1. The molecule has 1 aliphatic rings. The van der Waals surface area contributed by atoms with Crippen molar-refractivity contribution in [3.8, 4) is 39.5 Å². The average Bonchev–Trinajstić information content (AvgIpc) is 3.84. The predicted octanol–water partition coefficient (Wildman–Crippen LogP) is 3.80. The second-order valence-corrected chi connectivity index (χ2v) is 13.4. The van der Waals surface area contributed by atoms with Crippen molar-refractivity contribution in [2.75, 3.05) is 19.8 Å². The van der Waals surface area contributed by atoms with Crippen molar-refractivity contribution in [2.24, 2.45) is 0 Å².